The van der Waals surface area contributed by atoms with Crippen LogP contribution in [0.2, 0.25) is 0 Å². The van der Waals surface area contributed by atoms with Gasteiger partial charge >= 0.3 is 7.60 Å². The topological polar surface area (TPSA) is 114 Å². The first-order chi connectivity index (χ1) is 17.5. The van der Waals surface area contributed by atoms with Crippen LogP contribution < -0.4 is 10.6 Å². The molecule has 0 heterocycles. The van der Waals surface area contributed by atoms with Crippen LogP contribution in [0.1, 0.15) is 84.6 Å². The highest BCUT2D eigenvalue weighted by Gasteiger charge is 2.42. The summed E-state index contributed by atoms with van der Waals surface area (Å²) >= 11 is 0. The number of hydrogen-bond donors (Lipinski definition) is 3. The number of carbonyl (C=O) groups is 2. The zero-order valence-electron chi connectivity index (χ0n) is 23.2. The van der Waals surface area contributed by atoms with Crippen LogP contribution in [-0.2, 0) is 29.6 Å². The van der Waals surface area contributed by atoms with Gasteiger partial charge in [-0.15, -0.1) is 0 Å². The molecule has 1 aromatic carbocycles. The molecule has 1 saturated carbocycles. The summed E-state index contributed by atoms with van der Waals surface area (Å²) in [4.78, 5) is 26.2. The van der Waals surface area contributed by atoms with Gasteiger partial charge in [0.05, 0.1) is 12.1 Å². The predicted octanol–water partition coefficient (Wildman–Crippen LogP) is 5.19. The summed E-state index contributed by atoms with van der Waals surface area (Å²) in [5.41, 5.74) is 1.05. The molecule has 2 rings (SSSR count). The van der Waals surface area contributed by atoms with E-state index in [9.17, 15) is 19.3 Å². The molecular weight excluding hydrogens is 491 g/mol. The maximum Gasteiger partial charge on any atom is 0.360 e. The molecule has 1 aromatic rings. The van der Waals surface area contributed by atoms with E-state index < -0.39 is 37.5 Å². The summed E-state index contributed by atoms with van der Waals surface area (Å²) in [6, 6.07) is 8.14. The predicted molar refractivity (Wildman–Crippen MR) is 146 cm³/mol. The minimum absolute atomic E-state index is 0.154. The van der Waals surface area contributed by atoms with E-state index in [1.165, 1.54) is 13.5 Å². The Morgan fingerprint density at radius 1 is 1.05 bits per heavy atom. The van der Waals surface area contributed by atoms with Crippen molar-refractivity contribution in [2.45, 2.75) is 110 Å². The van der Waals surface area contributed by atoms with Crippen LogP contribution in [0, 0.1) is 11.8 Å². The third-order valence-electron chi connectivity index (χ3n) is 6.78. The lowest BCUT2D eigenvalue weighted by Crippen LogP contribution is -2.53. The first-order valence-electron chi connectivity index (χ1n) is 13.7. The molecule has 8 nitrogen and oxygen atoms in total. The SMILES string of the molecule is COP(=O)(OC(C)C)C(O)C(CC1CCCCC1)NC(=O)[C@H](CC(C)C)NC(=O)CCc1ccccc1. The van der Waals surface area contributed by atoms with Crippen molar-refractivity contribution < 1.29 is 28.3 Å². The van der Waals surface area contributed by atoms with Crippen molar-refractivity contribution in [1.29, 1.82) is 0 Å². The molecule has 0 aliphatic heterocycles. The van der Waals surface area contributed by atoms with E-state index in [1.807, 2.05) is 44.2 Å². The minimum atomic E-state index is -3.90. The summed E-state index contributed by atoms with van der Waals surface area (Å²) in [5, 5.41) is 17.0. The van der Waals surface area contributed by atoms with Gasteiger partial charge in [-0.2, -0.15) is 0 Å². The van der Waals surface area contributed by atoms with E-state index in [2.05, 4.69) is 10.6 Å². The molecule has 0 spiro atoms. The van der Waals surface area contributed by atoms with Gasteiger partial charge in [0, 0.05) is 13.5 Å². The van der Waals surface area contributed by atoms with Crippen LogP contribution in [0.4, 0.5) is 0 Å². The molecule has 37 heavy (non-hydrogen) atoms. The lowest BCUT2D eigenvalue weighted by Gasteiger charge is -2.34. The number of aliphatic hydroxyl groups is 1. The molecule has 4 atom stereocenters. The Morgan fingerprint density at radius 3 is 2.27 bits per heavy atom. The summed E-state index contributed by atoms with van der Waals surface area (Å²) in [7, 11) is -2.65. The third-order valence-corrected chi connectivity index (χ3v) is 9.01. The van der Waals surface area contributed by atoms with Crippen molar-refractivity contribution in [3.63, 3.8) is 0 Å². The van der Waals surface area contributed by atoms with Gasteiger partial charge in [0.25, 0.3) is 0 Å². The molecule has 210 valence electrons. The number of carbonyl (C=O) groups excluding carboxylic acids is 2. The minimum Gasteiger partial charge on any atom is -0.379 e. The molecule has 0 saturated heterocycles. The Morgan fingerprint density at radius 2 is 1.70 bits per heavy atom. The van der Waals surface area contributed by atoms with Crippen LogP contribution in [0.3, 0.4) is 0 Å². The van der Waals surface area contributed by atoms with E-state index in [0.29, 0.717) is 25.2 Å². The van der Waals surface area contributed by atoms with Crippen LogP contribution in [0.25, 0.3) is 0 Å². The van der Waals surface area contributed by atoms with Crippen LogP contribution in [-0.4, -0.2) is 48.1 Å². The highest BCUT2D eigenvalue weighted by molar-refractivity contribution is 7.54. The summed E-state index contributed by atoms with van der Waals surface area (Å²) < 4.78 is 24.1. The van der Waals surface area contributed by atoms with Crippen molar-refractivity contribution in [3.8, 4) is 0 Å². The molecule has 1 aliphatic rings. The van der Waals surface area contributed by atoms with Gasteiger partial charge in [-0.05, 0) is 50.5 Å². The van der Waals surface area contributed by atoms with Crippen molar-refractivity contribution in [2.75, 3.05) is 7.11 Å². The van der Waals surface area contributed by atoms with Gasteiger partial charge in [0.1, 0.15) is 6.04 Å². The molecule has 9 heteroatoms. The zero-order valence-corrected chi connectivity index (χ0v) is 24.0. The van der Waals surface area contributed by atoms with E-state index in [1.54, 1.807) is 13.8 Å². The van der Waals surface area contributed by atoms with E-state index in [-0.39, 0.29) is 18.2 Å². The Labute approximate surface area is 222 Å². The van der Waals surface area contributed by atoms with Gasteiger partial charge in [-0.25, -0.2) is 0 Å². The Kier molecular flexibility index (Phi) is 13.3. The second kappa shape index (κ2) is 15.6. The lowest BCUT2D eigenvalue weighted by atomic mass is 9.85. The number of aliphatic hydroxyl groups excluding tert-OH is 1. The smallest absolute Gasteiger partial charge is 0.360 e. The quantitative estimate of drug-likeness (QED) is 0.265. The largest absolute Gasteiger partial charge is 0.379 e. The fourth-order valence-corrected chi connectivity index (χ4v) is 6.57. The van der Waals surface area contributed by atoms with E-state index in [0.717, 1.165) is 31.2 Å². The normalized spacial score (nSPS) is 18.7. The van der Waals surface area contributed by atoms with Crippen molar-refractivity contribution in [2.24, 2.45) is 11.8 Å². The maximum atomic E-state index is 13.5. The standard InChI is InChI=1S/C28H47N2O6P/c1-20(2)18-24(29-26(31)17-16-22-12-8-6-9-13-22)27(32)30-25(19-23-14-10-7-11-15-23)28(33)37(34,35-5)36-21(3)4/h6,8-9,12-13,20-21,23-25,28,33H,7,10-11,14-19H2,1-5H3,(H,29,31)(H,30,32)/t24-,25?,28?,37?/m0/s1. The van der Waals surface area contributed by atoms with Gasteiger partial charge in [-0.1, -0.05) is 76.3 Å². The zero-order chi connectivity index (χ0) is 27.4. The van der Waals surface area contributed by atoms with Gasteiger partial charge in [0.15, 0.2) is 5.85 Å². The maximum absolute atomic E-state index is 13.5. The average molecular weight is 539 g/mol. The molecule has 2 amide bonds. The fourth-order valence-electron chi connectivity index (χ4n) is 4.92. The Hall–Kier alpha value is -1.73. The first kappa shape index (κ1) is 31.5. The summed E-state index contributed by atoms with van der Waals surface area (Å²) in [6.07, 6.45) is 6.69. The van der Waals surface area contributed by atoms with E-state index in [4.69, 9.17) is 9.05 Å². The summed E-state index contributed by atoms with van der Waals surface area (Å²) in [5.74, 6) is -1.67. The number of hydrogen-bond acceptors (Lipinski definition) is 6. The molecule has 1 aliphatic carbocycles. The van der Waals surface area contributed by atoms with E-state index >= 15 is 0 Å². The number of aryl methyl sites for hydroxylation is 1. The summed E-state index contributed by atoms with van der Waals surface area (Å²) in [6.45, 7) is 7.41. The molecule has 1 fully saturated rings. The second-order valence-corrected chi connectivity index (χ2v) is 13.1. The van der Waals surface area contributed by atoms with Gasteiger partial charge in [-0.3, -0.25) is 14.2 Å². The van der Waals surface area contributed by atoms with Crippen molar-refractivity contribution >= 4 is 19.4 Å². The molecule has 3 unspecified atom stereocenters. The number of amides is 2. The molecule has 0 radical (unpaired) electrons. The Bertz CT molecular complexity index is 873. The molecule has 0 bridgehead atoms. The number of rotatable bonds is 15. The second-order valence-electron chi connectivity index (χ2n) is 10.9. The van der Waals surface area contributed by atoms with Crippen LogP contribution in [0.15, 0.2) is 30.3 Å². The highest BCUT2D eigenvalue weighted by Crippen LogP contribution is 2.54. The first-order valence-corrected chi connectivity index (χ1v) is 15.3. The van der Waals surface area contributed by atoms with Crippen molar-refractivity contribution in [3.05, 3.63) is 35.9 Å². The average Bonchev–Trinajstić information content (AvgIpc) is 2.86. The van der Waals surface area contributed by atoms with Gasteiger partial charge < -0.3 is 24.8 Å². The Balaban J connectivity index is 2.15. The highest BCUT2D eigenvalue weighted by atomic mass is 31.2. The van der Waals surface area contributed by atoms with Crippen LogP contribution in [0.5, 0.6) is 0 Å². The number of benzene rings is 1. The molecule has 3 N–H and O–H groups in total. The van der Waals surface area contributed by atoms with Crippen LogP contribution >= 0.6 is 7.60 Å². The number of nitrogens with one attached hydrogen (secondary N) is 2. The van der Waals surface area contributed by atoms with Gasteiger partial charge in [0.2, 0.25) is 11.8 Å². The third kappa shape index (κ3) is 10.9. The molecule has 0 aromatic heterocycles. The lowest BCUT2D eigenvalue weighted by molar-refractivity contribution is -0.130. The fraction of sp³-hybridized carbons (Fsp3) is 0.714. The molecular formula is C28H47N2O6P. The monoisotopic (exact) mass is 538 g/mol. The van der Waals surface area contributed by atoms with Crippen molar-refractivity contribution in [1.82, 2.24) is 10.6 Å².